The highest BCUT2D eigenvalue weighted by Gasteiger charge is 2.29. The van der Waals surface area contributed by atoms with E-state index in [9.17, 15) is 9.90 Å². The second kappa shape index (κ2) is 9.71. The van der Waals surface area contributed by atoms with Gasteiger partial charge < -0.3 is 24.1 Å². The van der Waals surface area contributed by atoms with E-state index in [0.29, 0.717) is 36.0 Å². The molecule has 0 unspecified atom stereocenters. The molecule has 1 atom stereocenters. The number of carboxylic acid groups (broad SMARTS) is 1. The maximum atomic E-state index is 11.2. The van der Waals surface area contributed by atoms with Gasteiger partial charge in [0.05, 0.1) is 34.9 Å². The Morgan fingerprint density at radius 1 is 0.967 bits per heavy atom. The molecule has 0 aliphatic carbocycles. The van der Waals surface area contributed by atoms with Crippen LogP contribution in [0.3, 0.4) is 0 Å². The molecule has 1 heterocycles. The topological polar surface area (TPSA) is 77.5 Å². The molecule has 2 aromatic rings. The third-order valence-electron chi connectivity index (χ3n) is 5.60. The van der Waals surface area contributed by atoms with Crippen molar-refractivity contribution in [1.82, 2.24) is 4.90 Å². The minimum atomic E-state index is -0.794. The fourth-order valence-electron chi connectivity index (χ4n) is 4.06. The summed E-state index contributed by atoms with van der Waals surface area (Å²) in [6.07, 6.45) is 1.64. The smallest absolute Gasteiger partial charge is 0.304 e. The predicted molar refractivity (Wildman–Crippen MR) is 113 cm³/mol. The Labute approximate surface area is 177 Å². The highest BCUT2D eigenvalue weighted by atomic mass is 16.5. The van der Waals surface area contributed by atoms with Crippen molar-refractivity contribution in [3.05, 3.63) is 47.0 Å². The van der Waals surface area contributed by atoms with Gasteiger partial charge in [0.1, 0.15) is 0 Å². The monoisotopic (exact) mass is 415 g/mol. The molecule has 30 heavy (non-hydrogen) atoms. The van der Waals surface area contributed by atoms with Gasteiger partial charge >= 0.3 is 5.97 Å². The summed E-state index contributed by atoms with van der Waals surface area (Å²) in [5.41, 5.74) is 3.42. The highest BCUT2D eigenvalue weighted by molar-refractivity contribution is 5.66. The molecule has 0 spiro atoms. The summed E-state index contributed by atoms with van der Waals surface area (Å²) in [5.74, 6) is 1.95. The second-order valence-corrected chi connectivity index (χ2v) is 7.24. The number of ether oxygens (including phenoxy) is 4. The van der Waals surface area contributed by atoms with Gasteiger partial charge in [-0.2, -0.15) is 0 Å². The van der Waals surface area contributed by atoms with Crippen molar-refractivity contribution in [3.8, 4) is 23.0 Å². The first-order chi connectivity index (χ1) is 14.5. The molecule has 0 bridgehead atoms. The molecule has 1 N–H and O–H groups in total. The number of benzene rings is 2. The summed E-state index contributed by atoms with van der Waals surface area (Å²) in [7, 11) is 6.49. The van der Waals surface area contributed by atoms with Crippen LogP contribution in [0.25, 0.3) is 0 Å². The van der Waals surface area contributed by atoms with E-state index in [1.165, 1.54) is 5.56 Å². The van der Waals surface area contributed by atoms with Crippen LogP contribution in [-0.2, 0) is 17.6 Å². The zero-order valence-electron chi connectivity index (χ0n) is 17.9. The van der Waals surface area contributed by atoms with E-state index in [2.05, 4.69) is 4.90 Å². The Hall–Kier alpha value is -2.93. The number of aliphatic carboxylic acids is 1. The largest absolute Gasteiger partial charge is 0.493 e. The van der Waals surface area contributed by atoms with Gasteiger partial charge in [-0.3, -0.25) is 9.69 Å². The van der Waals surface area contributed by atoms with Crippen molar-refractivity contribution < 1.29 is 28.8 Å². The highest BCUT2D eigenvalue weighted by Crippen LogP contribution is 2.40. The number of methoxy groups -OCH3 is 4. The van der Waals surface area contributed by atoms with Crippen LogP contribution in [0.4, 0.5) is 0 Å². The lowest BCUT2D eigenvalue weighted by atomic mass is 9.88. The molecule has 1 aliphatic heterocycles. The summed E-state index contributed by atoms with van der Waals surface area (Å²) in [6, 6.07) is 9.96. The average Bonchev–Trinajstić information content (AvgIpc) is 2.77. The Kier molecular flexibility index (Phi) is 7.05. The van der Waals surface area contributed by atoms with Crippen molar-refractivity contribution >= 4 is 5.97 Å². The van der Waals surface area contributed by atoms with E-state index in [1.54, 1.807) is 28.4 Å². The minimum absolute atomic E-state index is 0.0195. The van der Waals surface area contributed by atoms with Gasteiger partial charge in [-0.25, -0.2) is 0 Å². The van der Waals surface area contributed by atoms with Crippen LogP contribution >= 0.6 is 0 Å². The molecule has 162 valence electrons. The number of hydrogen-bond acceptors (Lipinski definition) is 6. The fourth-order valence-corrected chi connectivity index (χ4v) is 4.06. The number of fused-ring (bicyclic) bond motifs is 1. The second-order valence-electron chi connectivity index (χ2n) is 7.24. The number of hydrogen-bond donors (Lipinski definition) is 1. The van der Waals surface area contributed by atoms with Gasteiger partial charge in [-0.05, 0) is 53.8 Å². The van der Waals surface area contributed by atoms with Gasteiger partial charge in [0.2, 0.25) is 0 Å². The summed E-state index contributed by atoms with van der Waals surface area (Å²) >= 11 is 0. The summed E-state index contributed by atoms with van der Waals surface area (Å²) in [6.45, 7) is 1.27. The van der Waals surface area contributed by atoms with E-state index in [1.807, 2.05) is 30.3 Å². The molecular weight excluding hydrogens is 386 g/mol. The Morgan fingerprint density at radius 2 is 1.60 bits per heavy atom. The standard InChI is InChI=1S/C23H29NO6/c1-27-19-6-5-15(12-20(19)28-2)11-18-17-14-22(30-4)21(29-3)13-16(17)7-9-24(18)10-8-23(25)26/h5-6,12-14,18H,7-11H2,1-4H3,(H,25,26)/t18-/m1/s1. The van der Waals surface area contributed by atoms with E-state index in [0.717, 1.165) is 24.1 Å². The first-order valence-corrected chi connectivity index (χ1v) is 9.92. The number of nitrogens with zero attached hydrogens (tertiary/aromatic N) is 1. The van der Waals surface area contributed by atoms with Gasteiger partial charge in [0.15, 0.2) is 23.0 Å². The maximum absolute atomic E-state index is 11.2. The molecule has 2 aromatic carbocycles. The van der Waals surface area contributed by atoms with Crippen LogP contribution in [0.1, 0.15) is 29.2 Å². The van der Waals surface area contributed by atoms with Crippen LogP contribution in [0, 0.1) is 0 Å². The fraction of sp³-hybridized carbons (Fsp3) is 0.435. The molecule has 0 saturated heterocycles. The Morgan fingerprint density at radius 3 is 2.23 bits per heavy atom. The lowest BCUT2D eigenvalue weighted by Gasteiger charge is -2.38. The summed E-state index contributed by atoms with van der Waals surface area (Å²) in [4.78, 5) is 13.4. The van der Waals surface area contributed by atoms with E-state index in [-0.39, 0.29) is 12.5 Å². The third-order valence-corrected chi connectivity index (χ3v) is 5.60. The zero-order chi connectivity index (χ0) is 21.7. The molecule has 1 aliphatic rings. The number of rotatable bonds is 9. The van der Waals surface area contributed by atoms with Gasteiger partial charge in [0, 0.05) is 19.1 Å². The molecule has 0 amide bonds. The lowest BCUT2D eigenvalue weighted by molar-refractivity contribution is -0.137. The molecule has 7 nitrogen and oxygen atoms in total. The maximum Gasteiger partial charge on any atom is 0.304 e. The van der Waals surface area contributed by atoms with Crippen molar-refractivity contribution in [2.24, 2.45) is 0 Å². The van der Waals surface area contributed by atoms with Gasteiger partial charge in [-0.15, -0.1) is 0 Å². The number of carboxylic acids is 1. The molecule has 0 fully saturated rings. The molecule has 0 radical (unpaired) electrons. The first kappa shape index (κ1) is 21.8. The van der Waals surface area contributed by atoms with Gasteiger partial charge in [0.25, 0.3) is 0 Å². The lowest BCUT2D eigenvalue weighted by Crippen LogP contribution is -2.38. The Balaban J connectivity index is 1.99. The predicted octanol–water partition coefficient (Wildman–Crippen LogP) is 3.34. The van der Waals surface area contributed by atoms with Gasteiger partial charge in [-0.1, -0.05) is 6.07 Å². The zero-order valence-corrected chi connectivity index (χ0v) is 17.9. The van der Waals surface area contributed by atoms with E-state index < -0.39 is 5.97 Å². The molecule has 0 saturated carbocycles. The first-order valence-electron chi connectivity index (χ1n) is 9.92. The van der Waals surface area contributed by atoms with Crippen molar-refractivity contribution in [2.75, 3.05) is 41.5 Å². The molecule has 0 aromatic heterocycles. The van der Waals surface area contributed by atoms with Crippen LogP contribution < -0.4 is 18.9 Å². The van der Waals surface area contributed by atoms with Crippen molar-refractivity contribution in [3.63, 3.8) is 0 Å². The quantitative estimate of drug-likeness (QED) is 0.673. The molecular formula is C23H29NO6. The van der Waals surface area contributed by atoms with E-state index >= 15 is 0 Å². The van der Waals surface area contributed by atoms with Crippen LogP contribution in [0.5, 0.6) is 23.0 Å². The normalized spacial score (nSPS) is 15.9. The summed E-state index contributed by atoms with van der Waals surface area (Å²) in [5, 5.41) is 9.20. The van der Waals surface area contributed by atoms with Crippen LogP contribution in [-0.4, -0.2) is 57.5 Å². The van der Waals surface area contributed by atoms with E-state index in [4.69, 9.17) is 18.9 Å². The molecule has 7 heteroatoms. The van der Waals surface area contributed by atoms with Crippen LogP contribution in [0.15, 0.2) is 30.3 Å². The number of carbonyl (C=O) groups is 1. The third kappa shape index (κ3) is 4.62. The average molecular weight is 415 g/mol. The van der Waals surface area contributed by atoms with Crippen molar-refractivity contribution in [2.45, 2.75) is 25.3 Å². The SMILES string of the molecule is COc1ccc(C[C@@H]2c3cc(OC)c(OC)cc3CCN2CCC(=O)O)cc1OC. The Bertz CT molecular complexity index is 898. The molecule has 3 rings (SSSR count). The van der Waals surface area contributed by atoms with Crippen molar-refractivity contribution in [1.29, 1.82) is 0 Å². The van der Waals surface area contributed by atoms with Crippen LogP contribution in [0.2, 0.25) is 0 Å². The minimum Gasteiger partial charge on any atom is -0.493 e. The summed E-state index contributed by atoms with van der Waals surface area (Å²) < 4.78 is 21.8.